The summed E-state index contributed by atoms with van der Waals surface area (Å²) in [5, 5.41) is 22.2. The Labute approximate surface area is 259 Å². The number of hydrogen-bond acceptors (Lipinski definition) is 11. The Morgan fingerprint density at radius 1 is 1.09 bits per heavy atom. The van der Waals surface area contributed by atoms with Gasteiger partial charge in [-0.15, -0.1) is 0 Å². The molecule has 13 nitrogen and oxygen atoms in total. The molecular weight excluding hydrogens is 524 g/mol. The van der Waals surface area contributed by atoms with E-state index in [2.05, 4.69) is 15.3 Å². The number of anilines is 1. The van der Waals surface area contributed by atoms with Crippen LogP contribution in [0, 0.1) is 0 Å². The predicted molar refractivity (Wildman–Crippen MR) is 98.2 cm³/mol. The zero-order valence-electron chi connectivity index (χ0n) is 18.1. The van der Waals surface area contributed by atoms with E-state index in [0.29, 0.717) is 5.01 Å². The van der Waals surface area contributed by atoms with E-state index in [-0.39, 0.29) is 100 Å². The van der Waals surface area contributed by atoms with Crippen LogP contribution in [0.15, 0.2) is 68.8 Å². The van der Waals surface area contributed by atoms with Crippen LogP contribution in [0.1, 0.15) is 0 Å². The number of hydrazone groups is 1. The summed E-state index contributed by atoms with van der Waals surface area (Å²) in [6.45, 7) is 0. The van der Waals surface area contributed by atoms with E-state index in [1.54, 1.807) is 0 Å². The van der Waals surface area contributed by atoms with Gasteiger partial charge >= 0.3 is 88.7 Å². The van der Waals surface area contributed by atoms with Crippen LogP contribution in [0.2, 0.25) is 0 Å². The average Bonchev–Trinajstić information content (AvgIpc) is 3.02. The van der Waals surface area contributed by atoms with Gasteiger partial charge in [0.15, 0.2) is 6.04 Å². The molecule has 1 amide bonds. The Hall–Kier alpha value is -0.290. The third-order valence-electron chi connectivity index (χ3n) is 3.93. The largest absolute Gasteiger partial charge is 1.00 e. The number of aliphatic carboxylic acids is 1. The van der Waals surface area contributed by atoms with Crippen molar-refractivity contribution in [1.29, 1.82) is 0 Å². The van der Waals surface area contributed by atoms with Gasteiger partial charge in [0.05, 0.1) is 22.2 Å². The fourth-order valence-corrected chi connectivity index (χ4v) is 3.53. The number of benzene rings is 2. The van der Waals surface area contributed by atoms with Gasteiger partial charge in [-0.3, -0.25) is 9.35 Å². The number of carboxylic acid groups (broad SMARTS) is 1. The Morgan fingerprint density at radius 3 is 2.18 bits per heavy atom. The second kappa shape index (κ2) is 13.3. The number of rotatable bonds is 6. The molecule has 1 N–H and O–H groups in total. The molecule has 0 bridgehead atoms. The SMILES string of the molecule is O=C([O-])C1=NN(c2ccc(S(=O)(=O)O)cc2)C(=O)C1N=Nc1cccc(P(=O)([O-])[O-])c1.[Na+].[Na+].[Na+]. The summed E-state index contributed by atoms with van der Waals surface area (Å²) < 4.78 is 42.3. The molecule has 34 heavy (non-hydrogen) atoms. The Kier molecular flexibility index (Phi) is 13.2. The van der Waals surface area contributed by atoms with Crippen LogP contribution in [0.4, 0.5) is 11.4 Å². The van der Waals surface area contributed by atoms with E-state index in [1.165, 1.54) is 12.1 Å². The van der Waals surface area contributed by atoms with Crippen molar-refractivity contribution in [2.24, 2.45) is 15.3 Å². The van der Waals surface area contributed by atoms with Crippen molar-refractivity contribution >= 4 is 52.0 Å². The molecule has 2 aromatic carbocycles. The van der Waals surface area contributed by atoms with Crippen molar-refractivity contribution in [3.8, 4) is 0 Å². The molecule has 0 aromatic heterocycles. The topological polar surface area (TPSA) is 215 Å². The molecule has 162 valence electrons. The van der Waals surface area contributed by atoms with Gasteiger partial charge in [-0.1, -0.05) is 12.1 Å². The molecule has 2 aromatic rings. The van der Waals surface area contributed by atoms with Crippen LogP contribution in [-0.4, -0.2) is 36.6 Å². The van der Waals surface area contributed by atoms with Gasteiger partial charge < -0.3 is 24.3 Å². The molecule has 1 atom stereocenters. The van der Waals surface area contributed by atoms with Gasteiger partial charge in [-0.05, 0) is 49.3 Å². The maximum Gasteiger partial charge on any atom is 1.00 e. The number of carbonyl (C=O) groups is 2. The first-order valence-corrected chi connectivity index (χ1v) is 11.1. The zero-order valence-corrected chi connectivity index (χ0v) is 25.8. The molecule has 3 rings (SSSR count). The van der Waals surface area contributed by atoms with E-state index in [1.807, 2.05) is 0 Å². The predicted octanol–water partition coefficient (Wildman–Crippen LogP) is -10.9. The van der Waals surface area contributed by atoms with Crippen LogP contribution in [-0.2, 0) is 24.3 Å². The van der Waals surface area contributed by atoms with Crippen LogP contribution >= 0.6 is 7.60 Å². The molecular formula is C16H10N4Na3O9PS. The van der Waals surface area contributed by atoms with Crippen molar-refractivity contribution in [1.82, 2.24) is 0 Å². The number of azo groups is 1. The minimum absolute atomic E-state index is 0. The van der Waals surface area contributed by atoms with Gasteiger partial charge in [0, 0.05) is 0 Å². The average molecular weight is 534 g/mol. The van der Waals surface area contributed by atoms with Gasteiger partial charge in [0.1, 0.15) is 5.71 Å². The number of carbonyl (C=O) groups excluding carboxylic acids is 2. The number of nitrogens with zero attached hydrogens (tertiary/aromatic N) is 4. The van der Waals surface area contributed by atoms with Crippen LogP contribution < -0.4 is 114 Å². The normalized spacial score (nSPS) is 15.7. The summed E-state index contributed by atoms with van der Waals surface area (Å²) in [5.74, 6) is -2.80. The molecule has 0 spiro atoms. The van der Waals surface area contributed by atoms with E-state index >= 15 is 0 Å². The molecule has 0 radical (unpaired) electrons. The van der Waals surface area contributed by atoms with Gasteiger partial charge in [-0.25, -0.2) is 0 Å². The molecule has 0 saturated carbocycles. The van der Waals surface area contributed by atoms with Gasteiger partial charge in [0.2, 0.25) is 0 Å². The van der Waals surface area contributed by atoms with Crippen LogP contribution in [0.3, 0.4) is 0 Å². The van der Waals surface area contributed by atoms with E-state index in [0.717, 1.165) is 36.4 Å². The first-order chi connectivity index (χ1) is 14.4. The second-order valence-corrected chi connectivity index (χ2v) is 8.96. The summed E-state index contributed by atoms with van der Waals surface area (Å²) in [4.78, 5) is 45.7. The minimum Gasteiger partial charge on any atom is -0.807 e. The third-order valence-corrected chi connectivity index (χ3v) is 5.71. The summed E-state index contributed by atoms with van der Waals surface area (Å²) in [7, 11) is -9.55. The maximum atomic E-state index is 12.6. The van der Waals surface area contributed by atoms with Crippen LogP contribution in [0.25, 0.3) is 0 Å². The first kappa shape index (κ1) is 33.7. The second-order valence-electron chi connectivity index (χ2n) is 6.03. The van der Waals surface area contributed by atoms with E-state index in [9.17, 15) is 37.5 Å². The monoisotopic (exact) mass is 534 g/mol. The summed E-state index contributed by atoms with van der Waals surface area (Å²) in [6, 6.07) is 6.79. The van der Waals surface area contributed by atoms with Crippen molar-refractivity contribution in [2.45, 2.75) is 10.9 Å². The maximum absolute atomic E-state index is 12.6. The number of hydrogen-bond donors (Lipinski definition) is 1. The fourth-order valence-electron chi connectivity index (χ4n) is 2.50. The Morgan fingerprint density at radius 2 is 1.68 bits per heavy atom. The molecule has 0 aliphatic carbocycles. The van der Waals surface area contributed by atoms with Crippen molar-refractivity contribution in [2.75, 3.05) is 5.01 Å². The standard InChI is InChI=1S/C16H13N4O9PS.3Na/c21-15-13(18-17-9-2-1-3-11(8-9)30(24,25)26)14(16(22)23)19-20(15)10-4-6-12(7-5-10)31(27,28)29;;;/h1-8,13H,(H,22,23)(H2,24,25,26)(H,27,28,29);;;/q;3*+1/p-3. The number of amides is 1. The molecule has 0 saturated heterocycles. The van der Waals surface area contributed by atoms with E-state index in [4.69, 9.17) is 4.55 Å². The molecule has 1 unspecified atom stereocenters. The fraction of sp³-hybridized carbons (Fsp3) is 0.0625. The summed E-state index contributed by atoms with van der Waals surface area (Å²) >= 11 is 0. The third kappa shape index (κ3) is 8.11. The van der Waals surface area contributed by atoms with Gasteiger partial charge in [0.25, 0.3) is 16.0 Å². The first-order valence-electron chi connectivity index (χ1n) is 8.13. The Bertz CT molecular complexity index is 1280. The quantitative estimate of drug-likeness (QED) is 0.161. The minimum atomic E-state index is -5.07. The number of carboxylic acids is 1. The molecule has 1 heterocycles. The molecule has 1 aliphatic rings. The van der Waals surface area contributed by atoms with Crippen LogP contribution in [0.5, 0.6) is 0 Å². The van der Waals surface area contributed by atoms with Crippen molar-refractivity contribution < 1.29 is 131 Å². The molecule has 1 aliphatic heterocycles. The Balaban J connectivity index is 0.00000363. The van der Waals surface area contributed by atoms with Crippen molar-refractivity contribution in [3.05, 3.63) is 48.5 Å². The summed E-state index contributed by atoms with van der Waals surface area (Å²) in [5.41, 5.74) is -0.970. The molecule has 0 fully saturated rings. The van der Waals surface area contributed by atoms with Gasteiger partial charge in [-0.2, -0.15) is 28.8 Å². The van der Waals surface area contributed by atoms with Crippen molar-refractivity contribution in [3.63, 3.8) is 0 Å². The molecule has 18 heteroatoms. The summed E-state index contributed by atoms with van der Waals surface area (Å²) in [6.07, 6.45) is 0. The zero-order chi connectivity index (χ0) is 23.0. The smallest absolute Gasteiger partial charge is 0.807 e. The van der Waals surface area contributed by atoms with E-state index < -0.39 is 51.5 Å².